The molecule has 0 bridgehead atoms. The van der Waals surface area contributed by atoms with Crippen LogP contribution in [0.2, 0.25) is 0 Å². The lowest BCUT2D eigenvalue weighted by atomic mass is 10.0. The molecule has 2 saturated heterocycles. The average molecular weight is 170 g/mol. The van der Waals surface area contributed by atoms with Crippen LogP contribution in [-0.2, 0) is 9.47 Å². The highest BCUT2D eigenvalue weighted by molar-refractivity contribution is 4.76. The van der Waals surface area contributed by atoms with E-state index in [1.807, 2.05) is 0 Å². The summed E-state index contributed by atoms with van der Waals surface area (Å²) >= 11 is 0. The van der Waals surface area contributed by atoms with Crippen LogP contribution in [0.5, 0.6) is 0 Å². The van der Waals surface area contributed by atoms with Gasteiger partial charge in [-0.25, -0.2) is 0 Å². The van der Waals surface area contributed by atoms with Crippen molar-refractivity contribution >= 4 is 0 Å². The van der Waals surface area contributed by atoms with E-state index in [1.54, 1.807) is 0 Å². The van der Waals surface area contributed by atoms with E-state index in [9.17, 15) is 0 Å². The van der Waals surface area contributed by atoms with Gasteiger partial charge in [0.1, 0.15) is 0 Å². The molecule has 0 amide bonds. The molecule has 2 heteroatoms. The Morgan fingerprint density at radius 1 is 0.667 bits per heavy atom. The molecule has 0 aromatic rings. The third-order valence-corrected chi connectivity index (χ3v) is 2.84. The summed E-state index contributed by atoms with van der Waals surface area (Å²) in [6, 6.07) is 0. The second-order valence-electron chi connectivity index (χ2n) is 3.81. The van der Waals surface area contributed by atoms with E-state index in [1.165, 1.54) is 38.5 Å². The van der Waals surface area contributed by atoms with Crippen LogP contribution in [-0.4, -0.2) is 25.4 Å². The molecule has 0 N–H and O–H groups in total. The van der Waals surface area contributed by atoms with Gasteiger partial charge in [0.15, 0.2) is 0 Å². The molecule has 2 aliphatic rings. The second-order valence-corrected chi connectivity index (χ2v) is 3.81. The van der Waals surface area contributed by atoms with Gasteiger partial charge in [-0.05, 0) is 38.5 Å². The second kappa shape index (κ2) is 4.24. The van der Waals surface area contributed by atoms with E-state index in [0.29, 0.717) is 12.2 Å². The Labute approximate surface area is 74.2 Å². The first kappa shape index (κ1) is 8.52. The molecule has 0 aromatic heterocycles. The zero-order valence-corrected chi connectivity index (χ0v) is 7.63. The Hall–Kier alpha value is -0.0800. The highest BCUT2D eigenvalue weighted by Gasteiger charge is 2.26. The van der Waals surface area contributed by atoms with Crippen molar-refractivity contribution in [1.29, 1.82) is 0 Å². The summed E-state index contributed by atoms with van der Waals surface area (Å²) in [6.45, 7) is 1.90. The SMILES string of the molecule is C1CCC2OCCCCC2OC1. The van der Waals surface area contributed by atoms with Gasteiger partial charge in [-0.2, -0.15) is 0 Å². The summed E-state index contributed by atoms with van der Waals surface area (Å²) in [4.78, 5) is 0. The van der Waals surface area contributed by atoms with E-state index < -0.39 is 0 Å². The zero-order valence-electron chi connectivity index (χ0n) is 7.63. The highest BCUT2D eigenvalue weighted by atomic mass is 16.5. The molecule has 2 fully saturated rings. The van der Waals surface area contributed by atoms with E-state index in [-0.39, 0.29) is 0 Å². The largest absolute Gasteiger partial charge is 0.376 e. The van der Waals surface area contributed by atoms with Crippen molar-refractivity contribution in [1.82, 2.24) is 0 Å². The first-order chi connectivity index (χ1) is 5.97. The molecular formula is C10H18O2. The zero-order chi connectivity index (χ0) is 8.23. The monoisotopic (exact) mass is 170 g/mol. The summed E-state index contributed by atoms with van der Waals surface area (Å²) in [6.07, 6.45) is 8.25. The number of ether oxygens (including phenoxy) is 2. The molecule has 0 aromatic carbocycles. The molecule has 0 saturated carbocycles. The van der Waals surface area contributed by atoms with Gasteiger partial charge in [0.05, 0.1) is 12.2 Å². The van der Waals surface area contributed by atoms with Gasteiger partial charge in [0.25, 0.3) is 0 Å². The van der Waals surface area contributed by atoms with Crippen molar-refractivity contribution in [2.24, 2.45) is 0 Å². The predicted octanol–water partition coefficient (Wildman–Crippen LogP) is 2.12. The fraction of sp³-hybridized carbons (Fsp3) is 1.00. The molecule has 12 heavy (non-hydrogen) atoms. The first-order valence-electron chi connectivity index (χ1n) is 5.20. The predicted molar refractivity (Wildman–Crippen MR) is 47.2 cm³/mol. The van der Waals surface area contributed by atoms with E-state index in [0.717, 1.165) is 13.2 Å². The molecule has 2 atom stereocenters. The van der Waals surface area contributed by atoms with Gasteiger partial charge in [-0.1, -0.05) is 0 Å². The molecule has 2 rings (SSSR count). The number of hydrogen-bond donors (Lipinski definition) is 0. The van der Waals surface area contributed by atoms with Gasteiger partial charge < -0.3 is 9.47 Å². The van der Waals surface area contributed by atoms with Crippen molar-refractivity contribution in [3.63, 3.8) is 0 Å². The summed E-state index contributed by atoms with van der Waals surface area (Å²) in [5.41, 5.74) is 0. The summed E-state index contributed by atoms with van der Waals surface area (Å²) in [5, 5.41) is 0. The third-order valence-electron chi connectivity index (χ3n) is 2.84. The van der Waals surface area contributed by atoms with Crippen LogP contribution in [0.25, 0.3) is 0 Å². The van der Waals surface area contributed by atoms with Gasteiger partial charge in [0.2, 0.25) is 0 Å². The Morgan fingerprint density at radius 2 is 1.17 bits per heavy atom. The van der Waals surface area contributed by atoms with Crippen molar-refractivity contribution in [2.75, 3.05) is 13.2 Å². The minimum Gasteiger partial charge on any atom is -0.376 e. The molecule has 2 aliphatic heterocycles. The fourth-order valence-corrected chi connectivity index (χ4v) is 2.12. The van der Waals surface area contributed by atoms with Crippen LogP contribution in [0.15, 0.2) is 0 Å². The smallest absolute Gasteiger partial charge is 0.0836 e. The number of hydrogen-bond acceptors (Lipinski definition) is 2. The fourth-order valence-electron chi connectivity index (χ4n) is 2.12. The van der Waals surface area contributed by atoms with Crippen LogP contribution in [0.1, 0.15) is 38.5 Å². The van der Waals surface area contributed by atoms with Gasteiger partial charge in [-0.15, -0.1) is 0 Å². The van der Waals surface area contributed by atoms with Crippen LogP contribution >= 0.6 is 0 Å². The summed E-state index contributed by atoms with van der Waals surface area (Å²) in [7, 11) is 0. The molecule has 70 valence electrons. The van der Waals surface area contributed by atoms with Gasteiger partial charge in [-0.3, -0.25) is 0 Å². The lowest BCUT2D eigenvalue weighted by molar-refractivity contribution is -0.0537. The van der Waals surface area contributed by atoms with Crippen molar-refractivity contribution in [3.05, 3.63) is 0 Å². The Morgan fingerprint density at radius 3 is 1.67 bits per heavy atom. The van der Waals surface area contributed by atoms with Crippen molar-refractivity contribution in [2.45, 2.75) is 50.7 Å². The van der Waals surface area contributed by atoms with Gasteiger partial charge >= 0.3 is 0 Å². The quantitative estimate of drug-likeness (QED) is 0.554. The number of fused-ring (bicyclic) bond motifs is 1. The molecule has 2 nitrogen and oxygen atoms in total. The van der Waals surface area contributed by atoms with E-state index in [2.05, 4.69) is 0 Å². The topological polar surface area (TPSA) is 18.5 Å². The average Bonchev–Trinajstić information content (AvgIpc) is 2.38. The molecule has 2 heterocycles. The Balaban J connectivity index is 1.94. The normalized spacial score (nSPS) is 38.0. The lowest BCUT2D eigenvalue weighted by Gasteiger charge is -2.21. The highest BCUT2D eigenvalue weighted by Crippen LogP contribution is 2.24. The van der Waals surface area contributed by atoms with E-state index >= 15 is 0 Å². The van der Waals surface area contributed by atoms with Crippen LogP contribution in [0.3, 0.4) is 0 Å². The maximum Gasteiger partial charge on any atom is 0.0836 e. The standard InChI is InChI=1S/C10H18O2/c1-3-7-11-10-6-2-4-8-12-9(10)5-1/h9-10H,1-8H2. The summed E-state index contributed by atoms with van der Waals surface area (Å²) in [5.74, 6) is 0. The maximum atomic E-state index is 5.76. The van der Waals surface area contributed by atoms with Crippen LogP contribution < -0.4 is 0 Å². The van der Waals surface area contributed by atoms with Crippen LogP contribution in [0, 0.1) is 0 Å². The van der Waals surface area contributed by atoms with E-state index in [4.69, 9.17) is 9.47 Å². The molecule has 2 unspecified atom stereocenters. The first-order valence-corrected chi connectivity index (χ1v) is 5.20. The van der Waals surface area contributed by atoms with Crippen molar-refractivity contribution < 1.29 is 9.47 Å². The van der Waals surface area contributed by atoms with Crippen LogP contribution in [0.4, 0.5) is 0 Å². The molecule has 0 radical (unpaired) electrons. The lowest BCUT2D eigenvalue weighted by Crippen LogP contribution is -2.28. The molecule has 0 spiro atoms. The molecular weight excluding hydrogens is 152 g/mol. The summed E-state index contributed by atoms with van der Waals surface area (Å²) < 4.78 is 11.5. The Kier molecular flexibility index (Phi) is 3.01. The Bertz CT molecular complexity index is 108. The van der Waals surface area contributed by atoms with Gasteiger partial charge in [0, 0.05) is 13.2 Å². The van der Waals surface area contributed by atoms with Crippen molar-refractivity contribution in [3.8, 4) is 0 Å². The molecule has 0 aliphatic carbocycles. The number of rotatable bonds is 0. The minimum absolute atomic E-state index is 0.412. The minimum atomic E-state index is 0.412. The third kappa shape index (κ3) is 1.99. The maximum absolute atomic E-state index is 5.76.